The summed E-state index contributed by atoms with van der Waals surface area (Å²) in [5, 5.41) is 9.93. The number of rotatable bonds is 6. The minimum absolute atomic E-state index is 0.0859. The fourth-order valence-electron chi connectivity index (χ4n) is 2.62. The number of hydrogen-bond acceptors (Lipinski definition) is 5. The lowest BCUT2D eigenvalue weighted by molar-refractivity contribution is -0.137. The van der Waals surface area contributed by atoms with E-state index >= 15 is 0 Å². The van der Waals surface area contributed by atoms with Crippen LogP contribution in [0.5, 0.6) is 0 Å². The number of likely N-dealkylation sites (tertiary alicyclic amines) is 1. The molecule has 0 radical (unpaired) electrons. The number of benzene rings is 1. The van der Waals surface area contributed by atoms with E-state index in [-0.39, 0.29) is 11.8 Å². The maximum Gasteiger partial charge on any atom is 0.229 e. The van der Waals surface area contributed by atoms with Crippen LogP contribution in [0.3, 0.4) is 0 Å². The molecule has 8 heteroatoms. The summed E-state index contributed by atoms with van der Waals surface area (Å²) in [4.78, 5) is 24.6. The molecule has 0 saturated carbocycles. The highest BCUT2D eigenvalue weighted by Gasteiger charge is 2.28. The van der Waals surface area contributed by atoms with Crippen LogP contribution in [0.15, 0.2) is 29.4 Å². The highest BCUT2D eigenvalue weighted by molar-refractivity contribution is 7.99. The Bertz CT molecular complexity index is 761. The fourth-order valence-corrected chi connectivity index (χ4v) is 3.74. The monoisotopic (exact) mass is 364 g/mol. The smallest absolute Gasteiger partial charge is 0.229 e. The zero-order chi connectivity index (χ0) is 17.1. The van der Waals surface area contributed by atoms with Crippen molar-refractivity contribution in [1.82, 2.24) is 19.7 Å². The van der Waals surface area contributed by atoms with E-state index in [1.54, 1.807) is 0 Å². The fraction of sp³-hybridized carbons (Fsp3) is 0.375. The van der Waals surface area contributed by atoms with Gasteiger partial charge in [-0.15, -0.1) is 10.2 Å². The third-order valence-corrected chi connectivity index (χ3v) is 5.00. The first-order valence-electron chi connectivity index (χ1n) is 7.75. The molecule has 1 aromatic carbocycles. The van der Waals surface area contributed by atoms with E-state index in [0.717, 1.165) is 23.1 Å². The van der Waals surface area contributed by atoms with Gasteiger partial charge in [0, 0.05) is 42.3 Å². The minimum atomic E-state index is -0.0859. The molecule has 1 aromatic heterocycles. The summed E-state index contributed by atoms with van der Waals surface area (Å²) in [6.07, 6.45) is 0.654. The van der Waals surface area contributed by atoms with Gasteiger partial charge in [-0.25, -0.2) is 0 Å². The molecular formula is C16H17ClN4O2S. The first-order chi connectivity index (χ1) is 11.6. The maximum absolute atomic E-state index is 11.6. The van der Waals surface area contributed by atoms with E-state index in [9.17, 15) is 9.59 Å². The second-order valence-electron chi connectivity index (χ2n) is 5.35. The van der Waals surface area contributed by atoms with Gasteiger partial charge >= 0.3 is 0 Å². The van der Waals surface area contributed by atoms with Crippen LogP contribution in [0, 0.1) is 0 Å². The number of halogens is 1. The second-order valence-corrected chi connectivity index (χ2v) is 6.85. The molecule has 2 amide bonds. The number of carbonyl (C=O) groups is 2. The maximum atomic E-state index is 11.6. The van der Waals surface area contributed by atoms with Gasteiger partial charge in [-0.3, -0.25) is 14.5 Å². The van der Waals surface area contributed by atoms with Gasteiger partial charge in [0.05, 0.1) is 0 Å². The lowest BCUT2D eigenvalue weighted by Gasteiger charge is -2.13. The van der Waals surface area contributed by atoms with E-state index in [2.05, 4.69) is 10.2 Å². The zero-order valence-corrected chi connectivity index (χ0v) is 14.8. The summed E-state index contributed by atoms with van der Waals surface area (Å²) < 4.78 is 2.00. The van der Waals surface area contributed by atoms with Crippen molar-refractivity contribution in [2.45, 2.75) is 31.5 Å². The van der Waals surface area contributed by atoms with Gasteiger partial charge in [0.15, 0.2) is 11.0 Å². The zero-order valence-electron chi connectivity index (χ0n) is 13.2. The van der Waals surface area contributed by atoms with Crippen molar-refractivity contribution in [3.63, 3.8) is 0 Å². The molecule has 0 aliphatic carbocycles. The van der Waals surface area contributed by atoms with Crippen molar-refractivity contribution in [2.24, 2.45) is 0 Å². The van der Waals surface area contributed by atoms with Gasteiger partial charge in [-0.2, -0.15) is 0 Å². The highest BCUT2D eigenvalue weighted by atomic mass is 35.5. The Morgan fingerprint density at radius 1 is 1.21 bits per heavy atom. The van der Waals surface area contributed by atoms with Gasteiger partial charge in [0.1, 0.15) is 0 Å². The van der Waals surface area contributed by atoms with Gasteiger partial charge in [0.2, 0.25) is 11.8 Å². The predicted molar refractivity (Wildman–Crippen MR) is 92.8 cm³/mol. The van der Waals surface area contributed by atoms with Crippen molar-refractivity contribution < 1.29 is 9.59 Å². The first-order valence-corrected chi connectivity index (χ1v) is 9.11. The number of hydrogen-bond donors (Lipinski definition) is 0. The topological polar surface area (TPSA) is 68.1 Å². The SMILES string of the molecule is CCn1c(SCCN2C(=O)CCC2=O)nnc1-c1cccc(Cl)c1. The molecule has 0 unspecified atom stereocenters. The number of aromatic nitrogens is 3. The van der Waals surface area contributed by atoms with E-state index in [4.69, 9.17) is 11.6 Å². The molecule has 0 atom stereocenters. The van der Waals surface area contributed by atoms with Crippen LogP contribution in [-0.2, 0) is 16.1 Å². The molecule has 1 aliphatic rings. The molecule has 6 nitrogen and oxygen atoms in total. The largest absolute Gasteiger partial charge is 0.302 e. The number of carbonyl (C=O) groups excluding carboxylic acids is 2. The Balaban J connectivity index is 1.70. The van der Waals surface area contributed by atoms with Crippen molar-refractivity contribution in [3.05, 3.63) is 29.3 Å². The summed E-state index contributed by atoms with van der Waals surface area (Å²) >= 11 is 7.54. The molecule has 1 fully saturated rings. The van der Waals surface area contributed by atoms with Gasteiger partial charge < -0.3 is 4.57 Å². The Morgan fingerprint density at radius 3 is 2.62 bits per heavy atom. The molecule has 2 aromatic rings. The van der Waals surface area contributed by atoms with Gasteiger partial charge in [-0.1, -0.05) is 35.5 Å². The summed E-state index contributed by atoms with van der Waals surface area (Å²) in [5.41, 5.74) is 0.911. The lowest BCUT2D eigenvalue weighted by atomic mass is 10.2. The standard InChI is InChI=1S/C16H17ClN4O2S/c1-2-20-15(11-4-3-5-12(17)10-11)18-19-16(20)24-9-8-21-13(22)6-7-14(21)23/h3-5,10H,2,6-9H2,1H3. The minimum Gasteiger partial charge on any atom is -0.302 e. The van der Waals surface area contributed by atoms with E-state index < -0.39 is 0 Å². The second kappa shape index (κ2) is 7.36. The third-order valence-electron chi connectivity index (χ3n) is 3.82. The Labute approximate surface area is 149 Å². The van der Waals surface area contributed by atoms with Crippen LogP contribution < -0.4 is 0 Å². The number of nitrogens with zero attached hydrogens (tertiary/aromatic N) is 4. The predicted octanol–water partition coefficient (Wildman–Crippen LogP) is 2.86. The average molecular weight is 365 g/mol. The molecule has 1 saturated heterocycles. The number of thioether (sulfide) groups is 1. The lowest BCUT2D eigenvalue weighted by Crippen LogP contribution is -2.31. The van der Waals surface area contributed by atoms with Gasteiger partial charge in [-0.05, 0) is 19.1 Å². The quantitative estimate of drug-likeness (QED) is 0.582. The molecule has 2 heterocycles. The molecule has 0 bridgehead atoms. The van der Waals surface area contributed by atoms with Crippen molar-refractivity contribution in [3.8, 4) is 11.4 Å². The summed E-state index contributed by atoms with van der Waals surface area (Å²) in [6.45, 7) is 3.15. The molecular weight excluding hydrogens is 348 g/mol. The molecule has 0 spiro atoms. The summed E-state index contributed by atoms with van der Waals surface area (Å²) in [6, 6.07) is 7.49. The normalized spacial score (nSPS) is 14.7. The van der Waals surface area contributed by atoms with Crippen LogP contribution in [0.1, 0.15) is 19.8 Å². The van der Waals surface area contributed by atoms with E-state index in [1.807, 2.05) is 35.8 Å². The molecule has 24 heavy (non-hydrogen) atoms. The van der Waals surface area contributed by atoms with Crippen molar-refractivity contribution in [2.75, 3.05) is 12.3 Å². The Hall–Kier alpha value is -1.86. The first kappa shape index (κ1) is 17.0. The summed E-state index contributed by atoms with van der Waals surface area (Å²) in [7, 11) is 0. The third kappa shape index (κ3) is 3.47. The summed E-state index contributed by atoms with van der Waals surface area (Å²) in [5.74, 6) is 1.19. The molecule has 3 rings (SSSR count). The van der Waals surface area contributed by atoms with Crippen LogP contribution >= 0.6 is 23.4 Å². The van der Waals surface area contributed by atoms with Gasteiger partial charge in [0.25, 0.3) is 0 Å². The Kier molecular flexibility index (Phi) is 5.20. The number of amides is 2. The Morgan fingerprint density at radius 2 is 1.96 bits per heavy atom. The highest BCUT2D eigenvalue weighted by Crippen LogP contribution is 2.26. The van der Waals surface area contributed by atoms with Crippen LogP contribution in [-0.4, -0.2) is 43.8 Å². The van der Waals surface area contributed by atoms with Crippen LogP contribution in [0.25, 0.3) is 11.4 Å². The van der Waals surface area contributed by atoms with Crippen LogP contribution in [0.2, 0.25) is 5.02 Å². The molecule has 126 valence electrons. The van der Waals surface area contributed by atoms with E-state index in [1.165, 1.54) is 16.7 Å². The van der Waals surface area contributed by atoms with Crippen molar-refractivity contribution in [1.29, 1.82) is 0 Å². The van der Waals surface area contributed by atoms with Crippen LogP contribution in [0.4, 0.5) is 0 Å². The molecule has 1 aliphatic heterocycles. The number of imide groups is 1. The van der Waals surface area contributed by atoms with Crippen molar-refractivity contribution >= 4 is 35.2 Å². The molecule has 0 N–H and O–H groups in total. The average Bonchev–Trinajstić information content (AvgIpc) is 3.12. The van der Waals surface area contributed by atoms with E-state index in [0.29, 0.717) is 30.2 Å².